The van der Waals surface area contributed by atoms with Crippen molar-refractivity contribution in [3.63, 3.8) is 0 Å². The van der Waals surface area contributed by atoms with Crippen LogP contribution in [0.3, 0.4) is 0 Å². The lowest BCUT2D eigenvalue weighted by molar-refractivity contribution is 0.0961. The van der Waals surface area contributed by atoms with Crippen LogP contribution >= 0.6 is 27.5 Å². The van der Waals surface area contributed by atoms with Crippen LogP contribution in [-0.2, 0) is 6.54 Å². The first-order chi connectivity index (χ1) is 8.61. The predicted molar refractivity (Wildman–Crippen MR) is 67.9 cm³/mol. The number of ether oxygens (including phenoxy) is 1. The average molecular weight is 332 g/mol. The van der Waals surface area contributed by atoms with Gasteiger partial charge in [0, 0.05) is 11.6 Å². The van der Waals surface area contributed by atoms with E-state index in [-0.39, 0.29) is 12.3 Å². The van der Waals surface area contributed by atoms with E-state index >= 15 is 0 Å². The number of tetrazole rings is 1. The lowest BCUT2D eigenvalue weighted by atomic mass is 10.1. The molecule has 0 aliphatic carbocycles. The molecule has 1 aromatic carbocycles. The van der Waals surface area contributed by atoms with Crippen molar-refractivity contribution in [2.75, 3.05) is 7.11 Å². The molecule has 94 valence electrons. The van der Waals surface area contributed by atoms with E-state index in [4.69, 9.17) is 16.3 Å². The molecule has 2 aromatic rings. The molecule has 0 saturated heterocycles. The molecule has 0 amide bonds. The lowest BCUT2D eigenvalue weighted by Crippen LogP contribution is -2.13. The summed E-state index contributed by atoms with van der Waals surface area (Å²) in [7, 11) is 1.53. The highest BCUT2D eigenvalue weighted by molar-refractivity contribution is 9.10. The van der Waals surface area contributed by atoms with E-state index in [0.717, 1.165) is 0 Å². The van der Waals surface area contributed by atoms with Crippen LogP contribution < -0.4 is 4.74 Å². The molecule has 2 rings (SSSR count). The van der Waals surface area contributed by atoms with Crippen LogP contribution in [0.5, 0.6) is 5.75 Å². The maximum atomic E-state index is 12.0. The van der Waals surface area contributed by atoms with Crippen molar-refractivity contribution in [2.24, 2.45) is 0 Å². The fourth-order valence-corrected chi connectivity index (χ4v) is 2.14. The van der Waals surface area contributed by atoms with Crippen molar-refractivity contribution in [3.05, 3.63) is 33.5 Å². The molecular formula is C10H8BrClN4O2. The van der Waals surface area contributed by atoms with Gasteiger partial charge in [-0.3, -0.25) is 4.79 Å². The number of benzene rings is 1. The second-order valence-electron chi connectivity index (χ2n) is 3.36. The standard InChI is InChI=1S/C10H8BrClN4O2/c1-18-10-3-8(12)6(2-7(10)11)9(17)4-16-14-5-13-15-16/h2-3,5H,4H2,1H3. The maximum absolute atomic E-state index is 12.0. The van der Waals surface area contributed by atoms with Crippen LogP contribution in [0.4, 0.5) is 0 Å². The third-order valence-electron chi connectivity index (χ3n) is 2.22. The summed E-state index contributed by atoms with van der Waals surface area (Å²) < 4.78 is 5.74. The summed E-state index contributed by atoms with van der Waals surface area (Å²) in [5, 5.41) is 11.2. The Labute approximate surface area is 116 Å². The number of ketones is 1. The summed E-state index contributed by atoms with van der Waals surface area (Å²) in [5.41, 5.74) is 0.377. The van der Waals surface area contributed by atoms with Crippen LogP contribution in [0, 0.1) is 0 Å². The molecule has 0 atom stereocenters. The minimum atomic E-state index is -0.207. The van der Waals surface area contributed by atoms with Gasteiger partial charge in [-0.15, -0.1) is 10.2 Å². The Bertz CT molecular complexity index is 574. The first-order valence-electron chi connectivity index (χ1n) is 4.89. The summed E-state index contributed by atoms with van der Waals surface area (Å²) >= 11 is 9.33. The zero-order valence-electron chi connectivity index (χ0n) is 9.30. The molecule has 18 heavy (non-hydrogen) atoms. The fraction of sp³-hybridized carbons (Fsp3) is 0.200. The summed E-state index contributed by atoms with van der Waals surface area (Å²) in [6, 6.07) is 3.19. The molecule has 0 fully saturated rings. The Kier molecular flexibility index (Phi) is 3.93. The van der Waals surface area contributed by atoms with Crippen LogP contribution in [-0.4, -0.2) is 33.1 Å². The van der Waals surface area contributed by atoms with Crippen LogP contribution in [0.15, 0.2) is 22.9 Å². The molecule has 6 nitrogen and oxygen atoms in total. The van der Waals surface area contributed by atoms with Crippen molar-refractivity contribution in [3.8, 4) is 5.75 Å². The first kappa shape index (κ1) is 13.0. The topological polar surface area (TPSA) is 69.9 Å². The summed E-state index contributed by atoms with van der Waals surface area (Å²) in [6.45, 7) is -0.0154. The number of aromatic nitrogens is 4. The van der Waals surface area contributed by atoms with E-state index in [1.54, 1.807) is 12.1 Å². The number of hydrogen-bond acceptors (Lipinski definition) is 5. The fourth-order valence-electron chi connectivity index (χ4n) is 1.37. The number of rotatable bonds is 4. The molecule has 1 heterocycles. The highest BCUT2D eigenvalue weighted by Crippen LogP contribution is 2.31. The van der Waals surface area contributed by atoms with Gasteiger partial charge in [0.05, 0.1) is 16.6 Å². The SMILES string of the molecule is COc1cc(Cl)c(C(=O)Cn2ncnn2)cc1Br. The van der Waals surface area contributed by atoms with Crippen LogP contribution in [0.25, 0.3) is 0 Å². The van der Waals surface area contributed by atoms with Gasteiger partial charge in [-0.2, -0.15) is 4.80 Å². The Balaban J connectivity index is 2.28. The maximum Gasteiger partial charge on any atom is 0.187 e. The van der Waals surface area contributed by atoms with Gasteiger partial charge >= 0.3 is 0 Å². The van der Waals surface area contributed by atoms with Crippen molar-refractivity contribution in [2.45, 2.75) is 6.54 Å². The third kappa shape index (κ3) is 2.68. The van der Waals surface area contributed by atoms with Gasteiger partial charge in [-0.1, -0.05) is 11.6 Å². The Morgan fingerprint density at radius 3 is 2.94 bits per heavy atom. The lowest BCUT2D eigenvalue weighted by Gasteiger charge is -2.08. The van der Waals surface area contributed by atoms with E-state index in [1.807, 2.05) is 0 Å². The quantitative estimate of drug-likeness (QED) is 0.801. The van der Waals surface area contributed by atoms with Crippen molar-refractivity contribution >= 4 is 33.3 Å². The molecule has 0 radical (unpaired) electrons. The van der Waals surface area contributed by atoms with Gasteiger partial charge < -0.3 is 4.74 Å². The number of carbonyl (C=O) groups excluding carboxylic acids is 1. The number of methoxy groups -OCH3 is 1. The van der Waals surface area contributed by atoms with Gasteiger partial charge in [0.15, 0.2) is 12.1 Å². The minimum absolute atomic E-state index is 0.0154. The smallest absolute Gasteiger partial charge is 0.187 e. The largest absolute Gasteiger partial charge is 0.496 e. The van der Waals surface area contributed by atoms with Gasteiger partial charge in [0.25, 0.3) is 0 Å². The number of hydrogen-bond donors (Lipinski definition) is 0. The minimum Gasteiger partial charge on any atom is -0.496 e. The van der Waals surface area contributed by atoms with E-state index in [9.17, 15) is 4.79 Å². The highest BCUT2D eigenvalue weighted by atomic mass is 79.9. The van der Waals surface area contributed by atoms with E-state index in [1.165, 1.54) is 18.2 Å². The third-order valence-corrected chi connectivity index (χ3v) is 3.15. The van der Waals surface area contributed by atoms with Crippen molar-refractivity contribution < 1.29 is 9.53 Å². The van der Waals surface area contributed by atoms with Crippen LogP contribution in [0.2, 0.25) is 5.02 Å². The Morgan fingerprint density at radius 1 is 1.56 bits per heavy atom. The molecule has 8 heteroatoms. The Morgan fingerprint density at radius 2 is 2.33 bits per heavy atom. The number of carbonyl (C=O) groups is 1. The molecule has 0 bridgehead atoms. The second-order valence-corrected chi connectivity index (χ2v) is 4.62. The normalized spacial score (nSPS) is 10.4. The number of nitrogens with zero attached hydrogens (tertiary/aromatic N) is 4. The average Bonchev–Trinajstić information content (AvgIpc) is 2.84. The zero-order chi connectivity index (χ0) is 13.1. The van der Waals surface area contributed by atoms with Gasteiger partial charge in [-0.05, 0) is 27.2 Å². The van der Waals surface area contributed by atoms with Crippen LogP contribution in [0.1, 0.15) is 10.4 Å². The zero-order valence-corrected chi connectivity index (χ0v) is 11.6. The molecule has 0 N–H and O–H groups in total. The molecular weight excluding hydrogens is 323 g/mol. The molecule has 0 aliphatic rings. The summed E-state index contributed by atoms with van der Waals surface area (Å²) in [4.78, 5) is 13.2. The summed E-state index contributed by atoms with van der Waals surface area (Å²) in [6.07, 6.45) is 1.26. The Hall–Kier alpha value is -1.47. The monoisotopic (exact) mass is 330 g/mol. The number of Topliss-reactive ketones (excluding diaryl/α,β-unsaturated/α-hetero) is 1. The highest BCUT2D eigenvalue weighted by Gasteiger charge is 2.15. The molecule has 0 unspecified atom stereocenters. The van der Waals surface area contributed by atoms with E-state index in [2.05, 4.69) is 31.3 Å². The van der Waals surface area contributed by atoms with E-state index < -0.39 is 0 Å². The van der Waals surface area contributed by atoms with Crippen molar-refractivity contribution in [1.82, 2.24) is 20.2 Å². The molecule has 0 spiro atoms. The number of halogens is 2. The summed E-state index contributed by atoms with van der Waals surface area (Å²) in [5.74, 6) is 0.358. The van der Waals surface area contributed by atoms with E-state index in [0.29, 0.717) is 20.8 Å². The van der Waals surface area contributed by atoms with Gasteiger partial charge in [0.1, 0.15) is 12.3 Å². The predicted octanol–water partition coefficient (Wildman–Crippen LogP) is 1.98. The van der Waals surface area contributed by atoms with Gasteiger partial charge in [-0.25, -0.2) is 0 Å². The molecule has 0 saturated carbocycles. The van der Waals surface area contributed by atoms with Gasteiger partial charge in [0.2, 0.25) is 0 Å². The second kappa shape index (κ2) is 5.45. The molecule has 1 aromatic heterocycles. The van der Waals surface area contributed by atoms with Crippen molar-refractivity contribution in [1.29, 1.82) is 0 Å². The molecule has 0 aliphatic heterocycles. The first-order valence-corrected chi connectivity index (χ1v) is 6.06.